The smallest absolute Gasteiger partial charge is 0.326 e. The topological polar surface area (TPSA) is 130 Å². The standard InChI is InChI=1S/C16H14N4O4S2/c17-12(21)6-5-10(15(23)24)20-14(22)11(26-16(20)25)7-13-18-8-3-1-2-4-9(8)19-13/h1-4,7,10,22H,5-6H2,(H2,17,21)(H,23,24)/t10-/m1/s1. The molecule has 0 unspecified atom stereocenters. The van der Waals surface area contributed by atoms with Gasteiger partial charge in [0.05, 0.1) is 15.6 Å². The number of nitrogens with two attached hydrogens (primary N) is 1. The molecule has 0 radical (unpaired) electrons. The summed E-state index contributed by atoms with van der Waals surface area (Å²) in [5, 5.41) is 21.3. The Morgan fingerprint density at radius 2 is 1.92 bits per heavy atom. The van der Waals surface area contributed by atoms with Crippen molar-refractivity contribution in [1.29, 1.82) is 0 Å². The predicted molar refractivity (Wildman–Crippen MR) is 96.6 cm³/mol. The number of nitrogens with zero attached hydrogens (tertiary/aromatic N) is 3. The highest BCUT2D eigenvalue weighted by Crippen LogP contribution is 2.33. The summed E-state index contributed by atoms with van der Waals surface area (Å²) in [4.78, 5) is 31.5. The van der Waals surface area contributed by atoms with Gasteiger partial charge in [0.15, 0.2) is 9.78 Å². The lowest BCUT2D eigenvalue weighted by Crippen LogP contribution is -2.21. The maximum absolute atomic E-state index is 11.5. The van der Waals surface area contributed by atoms with Gasteiger partial charge in [-0.2, -0.15) is 0 Å². The molecule has 10 heteroatoms. The number of thiazole rings is 1. The number of hydrogen-bond donors (Lipinski definition) is 3. The normalized spacial score (nSPS) is 13.5. The summed E-state index contributed by atoms with van der Waals surface area (Å²) in [6.45, 7) is 0. The largest absolute Gasteiger partial charge is 0.493 e. The van der Waals surface area contributed by atoms with E-state index in [-0.39, 0.29) is 22.7 Å². The molecule has 3 rings (SSSR count). The number of para-hydroxylation sites is 2. The first-order valence-electron chi connectivity index (χ1n) is 7.56. The van der Waals surface area contributed by atoms with Crippen LogP contribution in [0.5, 0.6) is 5.88 Å². The average Bonchev–Trinajstić information content (AvgIpc) is 3.09. The van der Waals surface area contributed by atoms with Crippen LogP contribution < -0.4 is 16.4 Å². The molecule has 0 spiro atoms. The van der Waals surface area contributed by atoms with Crippen LogP contribution in [0.1, 0.15) is 23.8 Å². The molecular weight excluding hydrogens is 376 g/mol. The van der Waals surface area contributed by atoms with Gasteiger partial charge < -0.3 is 15.9 Å². The summed E-state index contributed by atoms with van der Waals surface area (Å²) in [5.74, 6) is -1.75. The van der Waals surface area contributed by atoms with Gasteiger partial charge in [0.2, 0.25) is 11.8 Å². The molecule has 8 nitrogen and oxygen atoms in total. The number of carboxylic acids is 1. The Balaban J connectivity index is 1.99. The van der Waals surface area contributed by atoms with E-state index >= 15 is 0 Å². The number of aromatic nitrogens is 1. The maximum Gasteiger partial charge on any atom is 0.326 e. The zero-order valence-electron chi connectivity index (χ0n) is 13.3. The van der Waals surface area contributed by atoms with E-state index < -0.39 is 17.9 Å². The van der Waals surface area contributed by atoms with E-state index in [0.29, 0.717) is 21.4 Å². The van der Waals surface area contributed by atoms with Crippen molar-refractivity contribution in [3.05, 3.63) is 49.6 Å². The van der Waals surface area contributed by atoms with E-state index in [0.717, 1.165) is 15.9 Å². The van der Waals surface area contributed by atoms with E-state index in [1.165, 1.54) is 0 Å². The van der Waals surface area contributed by atoms with Gasteiger partial charge >= 0.3 is 5.97 Å². The number of hydrogen-bond acceptors (Lipinski definition) is 7. The van der Waals surface area contributed by atoms with Gasteiger partial charge in [-0.05, 0) is 30.8 Å². The highest BCUT2D eigenvalue weighted by Gasteiger charge is 2.26. The Kier molecular flexibility index (Phi) is 4.96. The fourth-order valence-electron chi connectivity index (χ4n) is 2.51. The van der Waals surface area contributed by atoms with Crippen molar-refractivity contribution in [1.82, 2.24) is 4.57 Å². The molecule has 2 aromatic rings. The molecule has 26 heavy (non-hydrogen) atoms. The summed E-state index contributed by atoms with van der Waals surface area (Å²) in [7, 11) is 0. The molecule has 0 saturated carbocycles. The third kappa shape index (κ3) is 3.55. The van der Waals surface area contributed by atoms with Gasteiger partial charge in [-0.3, -0.25) is 9.36 Å². The number of aliphatic carboxylic acids is 1. The van der Waals surface area contributed by atoms with E-state index in [1.807, 2.05) is 24.3 Å². The third-order valence-corrected chi connectivity index (χ3v) is 5.05. The van der Waals surface area contributed by atoms with Crippen LogP contribution in [0.4, 0.5) is 0 Å². The van der Waals surface area contributed by atoms with Crippen molar-refractivity contribution in [2.75, 3.05) is 0 Å². The second kappa shape index (κ2) is 7.18. The van der Waals surface area contributed by atoms with Gasteiger partial charge in [0.25, 0.3) is 0 Å². The molecular formula is C16H14N4O4S2. The molecule has 2 heterocycles. The molecule has 1 aromatic heterocycles. The minimum absolute atomic E-state index is 0.0700. The first kappa shape index (κ1) is 18.0. The third-order valence-electron chi connectivity index (χ3n) is 3.72. The summed E-state index contributed by atoms with van der Waals surface area (Å²) in [5.41, 5.74) is 5.09. The van der Waals surface area contributed by atoms with Gasteiger partial charge in [-0.1, -0.05) is 12.1 Å². The maximum atomic E-state index is 11.5. The predicted octanol–water partition coefficient (Wildman–Crippen LogP) is 1.13. The monoisotopic (exact) mass is 390 g/mol. The van der Waals surface area contributed by atoms with Crippen molar-refractivity contribution in [3.8, 4) is 5.88 Å². The van der Waals surface area contributed by atoms with Crippen LogP contribution in [0.3, 0.4) is 0 Å². The van der Waals surface area contributed by atoms with Crippen LogP contribution in [0.2, 0.25) is 0 Å². The van der Waals surface area contributed by atoms with Crippen molar-refractivity contribution in [3.63, 3.8) is 0 Å². The van der Waals surface area contributed by atoms with Crippen molar-refractivity contribution < 1.29 is 19.8 Å². The SMILES string of the molecule is NC(=O)CC[C@H](C(=O)O)n1c(O)c(C=C2N=c3ccccc3=N2)sc1=S. The van der Waals surface area contributed by atoms with Gasteiger partial charge in [-0.15, -0.1) is 11.3 Å². The minimum atomic E-state index is -1.21. The van der Waals surface area contributed by atoms with E-state index in [1.54, 1.807) is 6.08 Å². The van der Waals surface area contributed by atoms with Crippen LogP contribution in [0.15, 0.2) is 40.1 Å². The molecule has 1 aliphatic heterocycles. The fraction of sp³-hybridized carbons (Fsp3) is 0.188. The minimum Gasteiger partial charge on any atom is -0.493 e. The lowest BCUT2D eigenvalue weighted by atomic mass is 10.1. The number of carbonyl (C=O) groups is 2. The van der Waals surface area contributed by atoms with Gasteiger partial charge in [-0.25, -0.2) is 14.8 Å². The van der Waals surface area contributed by atoms with Crippen LogP contribution in [-0.2, 0) is 9.59 Å². The zero-order chi connectivity index (χ0) is 18.8. The van der Waals surface area contributed by atoms with E-state index in [2.05, 4.69) is 9.98 Å². The first-order chi connectivity index (χ1) is 12.4. The Morgan fingerprint density at radius 3 is 2.46 bits per heavy atom. The second-order valence-electron chi connectivity index (χ2n) is 5.50. The Hall–Kier alpha value is -2.85. The molecule has 0 saturated heterocycles. The number of benzene rings is 1. The molecule has 1 aliphatic rings. The molecule has 134 valence electrons. The Bertz CT molecular complexity index is 1060. The molecule has 0 fully saturated rings. The molecule has 4 N–H and O–H groups in total. The van der Waals surface area contributed by atoms with E-state index in [4.69, 9.17) is 18.0 Å². The lowest BCUT2D eigenvalue weighted by Gasteiger charge is -2.14. The molecule has 0 bridgehead atoms. The van der Waals surface area contributed by atoms with Crippen LogP contribution in [0.25, 0.3) is 6.08 Å². The molecule has 1 amide bonds. The second-order valence-corrected chi connectivity index (χ2v) is 7.18. The van der Waals surface area contributed by atoms with Crippen LogP contribution in [0, 0.1) is 3.95 Å². The highest BCUT2D eigenvalue weighted by molar-refractivity contribution is 7.73. The number of primary amides is 1. The number of fused-ring (bicyclic) bond motifs is 1. The van der Waals surface area contributed by atoms with Crippen molar-refractivity contribution in [2.24, 2.45) is 15.7 Å². The van der Waals surface area contributed by atoms with Crippen molar-refractivity contribution >= 4 is 41.5 Å². The fourth-order valence-corrected chi connectivity index (χ4v) is 3.85. The first-order valence-corrected chi connectivity index (χ1v) is 8.79. The highest BCUT2D eigenvalue weighted by atomic mass is 32.1. The summed E-state index contributed by atoms with van der Waals surface area (Å²) >= 11 is 6.24. The Labute approximate surface area is 156 Å². The molecule has 1 atom stereocenters. The van der Waals surface area contributed by atoms with Crippen LogP contribution >= 0.6 is 23.6 Å². The number of rotatable bonds is 6. The van der Waals surface area contributed by atoms with Crippen LogP contribution in [-0.4, -0.2) is 26.7 Å². The van der Waals surface area contributed by atoms with Gasteiger partial charge in [0.1, 0.15) is 6.04 Å². The zero-order valence-corrected chi connectivity index (χ0v) is 15.0. The van der Waals surface area contributed by atoms with Gasteiger partial charge in [0, 0.05) is 12.5 Å². The summed E-state index contributed by atoms with van der Waals surface area (Å²) < 4.78 is 1.28. The average molecular weight is 390 g/mol. The number of amides is 1. The summed E-state index contributed by atoms with van der Waals surface area (Å²) in [6, 6.07) is 6.13. The number of carbonyl (C=O) groups excluding carboxylic acids is 1. The quantitative estimate of drug-likeness (QED) is 0.637. The number of aromatic hydroxyl groups is 1. The summed E-state index contributed by atoms with van der Waals surface area (Å²) in [6.07, 6.45) is 1.34. The lowest BCUT2D eigenvalue weighted by molar-refractivity contribution is -0.141. The van der Waals surface area contributed by atoms with E-state index in [9.17, 15) is 19.8 Å². The Morgan fingerprint density at radius 1 is 1.31 bits per heavy atom. The molecule has 0 aliphatic carbocycles. The van der Waals surface area contributed by atoms with Crippen molar-refractivity contribution in [2.45, 2.75) is 18.9 Å². The number of carboxylic acid groups (broad SMARTS) is 1. The molecule has 1 aromatic carbocycles.